The smallest absolute Gasteiger partial charge is 0.307 e. The van der Waals surface area contributed by atoms with Gasteiger partial charge in [-0.1, -0.05) is 99.9 Å². The summed E-state index contributed by atoms with van der Waals surface area (Å²) in [5, 5.41) is 56.9. The molecule has 0 spiro atoms. The molecule has 12 saturated carbocycles. The topological polar surface area (TPSA) is 343 Å². The van der Waals surface area contributed by atoms with Gasteiger partial charge in [0.05, 0.1) is 66.1 Å². The maximum absolute atomic E-state index is 13.1. The number of aromatic nitrogens is 4. The van der Waals surface area contributed by atoms with Gasteiger partial charge in [-0.25, -0.2) is 0 Å². The maximum atomic E-state index is 13.1. The number of carboxylic acids is 4. The van der Waals surface area contributed by atoms with Gasteiger partial charge in [0.15, 0.2) is 0 Å². The van der Waals surface area contributed by atoms with Crippen LogP contribution in [0.2, 0.25) is 0 Å². The molecule has 28 nitrogen and oxygen atoms in total. The summed E-state index contributed by atoms with van der Waals surface area (Å²) in [5.41, 5.74) is 0. The lowest BCUT2D eigenvalue weighted by molar-refractivity contribution is -0.149. The molecule has 16 aliphatic rings. The number of carbonyl (C=O) groups excluding carboxylic acids is 4. The van der Waals surface area contributed by atoms with Gasteiger partial charge in [0, 0.05) is 179 Å². The first kappa shape index (κ1) is 101. The Morgan fingerprint density at radius 2 is 0.424 bits per heavy atom. The van der Waals surface area contributed by atoms with Crippen molar-refractivity contribution in [1.82, 2.24) is 58.4 Å². The zero-order valence-corrected chi connectivity index (χ0v) is 87.2. The number of piperazine rings is 4. The van der Waals surface area contributed by atoms with E-state index in [1.54, 1.807) is 46.1 Å². The van der Waals surface area contributed by atoms with E-state index in [1.165, 1.54) is 117 Å². The lowest BCUT2D eigenvalue weighted by atomic mass is 9.77. The standard InChI is InChI=1S/4C28H38N4O3S/c4*33-27(24-18-9-10-19(15-18)25(24)28(34)35)29-16-20-5-1-2-6-21(20)17-31-11-13-32(14-12-31)26-22-7-3-4-8-23(22)36-30-26/h4*3-4,7-8,18-21,24-25H,1-2,5-6,9-17H2,(H,29,33)(H,34,35)/t2*18-,19+,20+,21+,24-,25+;2*18-,19+,20-,21-,24-,25+/m1100/s1. The van der Waals surface area contributed by atoms with Crippen LogP contribution in [0.15, 0.2) is 97.1 Å². The molecule has 4 aliphatic heterocycles. The van der Waals surface area contributed by atoms with E-state index in [0.29, 0.717) is 73.5 Å². The monoisotopic (exact) mass is 2040 g/mol. The Morgan fingerprint density at radius 3 is 0.618 bits per heavy atom. The van der Waals surface area contributed by atoms with Crippen molar-refractivity contribution in [3.63, 3.8) is 0 Å². The van der Waals surface area contributed by atoms with Crippen LogP contribution in [0.1, 0.15) is 180 Å². The van der Waals surface area contributed by atoms with Gasteiger partial charge >= 0.3 is 23.9 Å². The first-order valence-electron chi connectivity index (χ1n) is 55.6. The summed E-state index contributed by atoms with van der Waals surface area (Å²) in [6.07, 6.45) is 31.2. The SMILES string of the molecule is O=C(NC[C@@H]1CCCC[C@H]1CN1CCN(c2nsc3ccccc23)CC1)[C@@H]1[C@@H]2CC[C@@H](C2)[C@@H]1C(=O)O.O=C(NC[C@@H]1CCCC[C@H]1CN1CCN(c2nsc3ccccc23)CC1)[C@@H]1[C@@H]2CC[C@@H](C2)[C@@H]1C(=O)O.O=C(O)[C@@H]1[C@@H]2CC[C@@H](C2)[C@@H]1C(=O)NC[C@@H]1CCCC[C@H]1CN1CCN(c2nsc3ccccc23)CC1.O=C(O)[C@@H]1[C@@H]2CC[C@@H](C2)[C@@H]1C(=O)NC[C@@H]1CCCC[C@H]1CN1CCN(c2nsc3ccccc23)CC1. The molecule has 144 heavy (non-hydrogen) atoms. The zero-order chi connectivity index (χ0) is 98.6. The van der Waals surface area contributed by atoms with Crippen LogP contribution in [0.5, 0.6) is 0 Å². The molecule has 12 aliphatic carbocycles. The van der Waals surface area contributed by atoms with Gasteiger partial charge in [-0.15, -0.1) is 0 Å². The summed E-state index contributed by atoms with van der Waals surface area (Å²) in [6.45, 7) is 23.6. The summed E-state index contributed by atoms with van der Waals surface area (Å²) in [4.78, 5) is 120. The molecule has 8 aromatic rings. The van der Waals surface area contributed by atoms with Crippen molar-refractivity contribution in [2.24, 2.45) is 142 Å². The molecule has 24 rings (SSSR count). The average Bonchev–Trinajstić information content (AvgIpc) is 1.61. The fraction of sp³-hybridized carbons (Fsp3) is 0.679. The van der Waals surface area contributed by atoms with Crippen molar-refractivity contribution in [2.75, 3.05) is 177 Å². The van der Waals surface area contributed by atoms with E-state index in [9.17, 15) is 58.8 Å². The second kappa shape index (κ2) is 46.2. The molecule has 8 bridgehead atoms. The molecule has 0 radical (unpaired) electrons. The highest BCUT2D eigenvalue weighted by atomic mass is 32.1. The fourth-order valence-corrected chi connectivity index (χ4v) is 34.1. The van der Waals surface area contributed by atoms with Crippen molar-refractivity contribution >= 4 is 157 Å². The normalized spacial score (nSPS) is 32.7. The molecular formula is C112H152N16O12S4. The zero-order valence-electron chi connectivity index (χ0n) is 83.9. The lowest BCUT2D eigenvalue weighted by Crippen LogP contribution is -2.50. The molecule has 0 unspecified atom stereocenters. The van der Waals surface area contributed by atoms with Gasteiger partial charge in [0.25, 0.3) is 0 Å². The number of benzene rings is 4. The van der Waals surface area contributed by atoms with Crippen molar-refractivity contribution in [1.29, 1.82) is 0 Å². The van der Waals surface area contributed by atoms with Crippen LogP contribution in [-0.2, 0) is 38.4 Å². The largest absolute Gasteiger partial charge is 0.481 e. The van der Waals surface area contributed by atoms with E-state index in [-0.39, 0.29) is 94.6 Å². The Bertz CT molecular complexity index is 5080. The highest BCUT2D eigenvalue weighted by molar-refractivity contribution is 7.14. The number of carbonyl (C=O) groups is 8. The number of carboxylic acid groups (broad SMARTS) is 4. The average molecular weight is 2040 g/mol. The van der Waals surface area contributed by atoms with Gasteiger partial charge < -0.3 is 61.3 Å². The van der Waals surface area contributed by atoms with E-state index in [4.69, 9.17) is 17.5 Å². The van der Waals surface area contributed by atoms with Crippen LogP contribution in [0.25, 0.3) is 40.3 Å². The van der Waals surface area contributed by atoms with E-state index in [2.05, 4.69) is 158 Å². The number of rotatable bonds is 28. The molecule has 16 fully saturated rings. The van der Waals surface area contributed by atoms with Gasteiger partial charge in [-0.05, 0) is 318 Å². The molecule has 8 heterocycles. The molecule has 4 amide bonds. The molecule has 24 atom stereocenters. The summed E-state index contributed by atoms with van der Waals surface area (Å²) in [5.74, 6) is 4.49. The van der Waals surface area contributed by atoms with Crippen molar-refractivity contribution in [3.8, 4) is 0 Å². The minimum Gasteiger partial charge on any atom is -0.481 e. The lowest BCUT2D eigenvalue weighted by Gasteiger charge is -2.40. The third kappa shape index (κ3) is 22.3. The number of hydrogen-bond donors (Lipinski definition) is 8. The van der Waals surface area contributed by atoms with Crippen LogP contribution in [-0.4, -0.2) is 262 Å². The predicted octanol–water partition coefficient (Wildman–Crippen LogP) is 16.4. The highest BCUT2D eigenvalue weighted by Gasteiger charge is 2.58. The summed E-state index contributed by atoms with van der Waals surface area (Å²) >= 11 is 6.35. The number of nitrogens with one attached hydrogen (secondary N) is 4. The van der Waals surface area contributed by atoms with Crippen molar-refractivity contribution in [2.45, 2.75) is 180 Å². The van der Waals surface area contributed by atoms with Crippen molar-refractivity contribution < 1.29 is 58.8 Å². The molecule has 4 aromatic heterocycles. The van der Waals surface area contributed by atoms with Crippen molar-refractivity contribution in [3.05, 3.63) is 97.1 Å². The van der Waals surface area contributed by atoms with Gasteiger partial charge in [0.1, 0.15) is 23.3 Å². The Morgan fingerprint density at radius 1 is 0.243 bits per heavy atom. The first-order valence-corrected chi connectivity index (χ1v) is 58.7. The maximum Gasteiger partial charge on any atom is 0.307 e. The first-order chi connectivity index (χ1) is 70.3. The van der Waals surface area contributed by atoms with Gasteiger partial charge in [-0.3, -0.25) is 58.0 Å². The predicted molar refractivity (Wildman–Crippen MR) is 569 cm³/mol. The minimum atomic E-state index is -0.775. The number of amides is 4. The molecule has 776 valence electrons. The number of aliphatic carboxylic acids is 4. The Labute approximate surface area is 864 Å². The molecule has 4 saturated heterocycles. The van der Waals surface area contributed by atoms with E-state index >= 15 is 0 Å². The van der Waals surface area contributed by atoms with Crippen LogP contribution < -0.4 is 40.9 Å². The third-order valence-electron chi connectivity index (χ3n) is 38.5. The second-order valence-electron chi connectivity index (χ2n) is 46.3. The molecule has 4 aromatic carbocycles. The van der Waals surface area contributed by atoms with Gasteiger partial charge in [-0.2, -0.15) is 17.5 Å². The third-order valence-corrected chi connectivity index (χ3v) is 41.8. The molecule has 32 heteroatoms. The van der Waals surface area contributed by atoms with E-state index in [1.807, 2.05) is 0 Å². The molecule has 8 N–H and O–H groups in total. The van der Waals surface area contributed by atoms with Gasteiger partial charge in [0.2, 0.25) is 23.6 Å². The fourth-order valence-electron chi connectivity index (χ4n) is 31.0. The van der Waals surface area contributed by atoms with E-state index in [0.717, 1.165) is 257 Å². The number of fused-ring (bicyclic) bond motifs is 12. The second-order valence-corrected chi connectivity index (χ2v) is 49.5. The van der Waals surface area contributed by atoms with Crippen LogP contribution >= 0.6 is 46.1 Å². The quantitative estimate of drug-likeness (QED) is 0.0226. The Hall–Kier alpha value is -8.76. The van der Waals surface area contributed by atoms with E-state index < -0.39 is 47.5 Å². The number of hydrogen-bond acceptors (Lipinski definition) is 24. The Kier molecular flexibility index (Phi) is 32.4. The highest BCUT2D eigenvalue weighted by Crippen LogP contribution is 2.57. The summed E-state index contributed by atoms with van der Waals surface area (Å²) < 4.78 is 24.0. The number of nitrogens with zero attached hydrogens (tertiary/aromatic N) is 12. The van der Waals surface area contributed by atoms with Crippen LogP contribution in [0.4, 0.5) is 23.3 Å². The minimum absolute atomic E-state index is 0.00280. The summed E-state index contributed by atoms with van der Waals surface area (Å²) in [7, 11) is 0. The molecular weight excluding hydrogens is 1890 g/mol. The number of anilines is 4. The van der Waals surface area contributed by atoms with Crippen LogP contribution in [0, 0.1) is 142 Å². The Balaban J connectivity index is 0.000000113. The van der Waals surface area contributed by atoms with Crippen LogP contribution in [0.3, 0.4) is 0 Å². The summed E-state index contributed by atoms with van der Waals surface area (Å²) in [6, 6.07) is 34.0.